The average molecular weight is 216 g/mol. The molecule has 1 aromatic carbocycles. The quantitative estimate of drug-likeness (QED) is 0.722. The van der Waals surface area contributed by atoms with Gasteiger partial charge in [-0.1, -0.05) is 18.5 Å². The molecule has 0 aliphatic heterocycles. The van der Waals surface area contributed by atoms with E-state index in [1.807, 2.05) is 6.92 Å². The van der Waals surface area contributed by atoms with Crippen molar-refractivity contribution < 1.29 is 10.2 Å². The summed E-state index contributed by atoms with van der Waals surface area (Å²) in [7, 11) is 0. The van der Waals surface area contributed by atoms with Crippen LogP contribution in [0.2, 0.25) is 5.02 Å². The van der Waals surface area contributed by atoms with E-state index >= 15 is 0 Å². The molecule has 4 N–H and O–H groups in total. The van der Waals surface area contributed by atoms with Gasteiger partial charge >= 0.3 is 0 Å². The Balaban J connectivity index is 3.21. The van der Waals surface area contributed by atoms with Crippen LogP contribution in [0.15, 0.2) is 12.1 Å². The molecule has 0 radical (unpaired) electrons. The highest BCUT2D eigenvalue weighted by molar-refractivity contribution is 6.30. The van der Waals surface area contributed by atoms with Gasteiger partial charge in [-0.05, 0) is 18.6 Å². The Hall–Kier alpha value is -0.770. The van der Waals surface area contributed by atoms with E-state index in [-0.39, 0.29) is 18.4 Å². The molecule has 3 nitrogen and oxygen atoms in total. The zero-order valence-electron chi connectivity index (χ0n) is 8.00. The van der Waals surface area contributed by atoms with Crippen LogP contribution >= 0.6 is 11.6 Å². The molecule has 0 bridgehead atoms. The molecule has 0 unspecified atom stereocenters. The maximum atomic E-state index is 9.72. The van der Waals surface area contributed by atoms with Gasteiger partial charge in [0.15, 0.2) is 0 Å². The number of phenols is 1. The first-order valence-corrected chi connectivity index (χ1v) is 4.85. The topological polar surface area (TPSA) is 66.5 Å². The highest BCUT2D eigenvalue weighted by Gasteiger charge is 2.13. The number of aromatic hydroxyl groups is 1. The molecule has 0 heterocycles. The molecule has 0 aliphatic rings. The molecule has 0 spiro atoms. The van der Waals surface area contributed by atoms with Crippen molar-refractivity contribution in [3.8, 4) is 5.75 Å². The summed E-state index contributed by atoms with van der Waals surface area (Å²) in [5.74, 6) is 0.0475. The highest BCUT2D eigenvalue weighted by atomic mass is 35.5. The van der Waals surface area contributed by atoms with Crippen LogP contribution in [0.3, 0.4) is 0 Å². The van der Waals surface area contributed by atoms with Gasteiger partial charge in [0, 0.05) is 22.2 Å². The monoisotopic (exact) mass is 215 g/mol. The van der Waals surface area contributed by atoms with Crippen molar-refractivity contribution in [2.75, 3.05) is 0 Å². The highest BCUT2D eigenvalue weighted by Crippen LogP contribution is 2.31. The fourth-order valence-corrected chi connectivity index (χ4v) is 1.55. The third kappa shape index (κ3) is 2.18. The first-order chi connectivity index (χ1) is 6.60. The third-order valence-electron chi connectivity index (χ3n) is 2.19. The number of rotatable bonds is 3. The predicted molar refractivity (Wildman–Crippen MR) is 56.3 cm³/mol. The van der Waals surface area contributed by atoms with E-state index in [1.165, 1.54) is 6.07 Å². The normalized spacial score (nSPS) is 12.9. The van der Waals surface area contributed by atoms with E-state index in [9.17, 15) is 5.11 Å². The van der Waals surface area contributed by atoms with Crippen LogP contribution in [0.25, 0.3) is 0 Å². The third-order valence-corrected chi connectivity index (χ3v) is 2.41. The van der Waals surface area contributed by atoms with Crippen molar-refractivity contribution in [3.05, 3.63) is 28.3 Å². The Kier molecular flexibility index (Phi) is 3.75. The molecule has 0 fully saturated rings. The summed E-state index contributed by atoms with van der Waals surface area (Å²) in [6.45, 7) is 1.68. The first-order valence-electron chi connectivity index (χ1n) is 4.47. The van der Waals surface area contributed by atoms with Crippen molar-refractivity contribution in [1.29, 1.82) is 0 Å². The number of benzene rings is 1. The minimum absolute atomic E-state index is 0.0475. The molecule has 1 rings (SSSR count). The molecular formula is C10H14ClNO2. The van der Waals surface area contributed by atoms with E-state index in [2.05, 4.69) is 0 Å². The fraction of sp³-hybridized carbons (Fsp3) is 0.400. The molecule has 0 aromatic heterocycles. The van der Waals surface area contributed by atoms with Crippen molar-refractivity contribution in [1.82, 2.24) is 0 Å². The Morgan fingerprint density at radius 3 is 2.64 bits per heavy atom. The lowest BCUT2D eigenvalue weighted by atomic mass is 10.0. The Labute approximate surface area is 88.1 Å². The molecule has 0 saturated heterocycles. The van der Waals surface area contributed by atoms with Gasteiger partial charge in [-0.2, -0.15) is 0 Å². The van der Waals surface area contributed by atoms with Gasteiger partial charge in [-0.3, -0.25) is 0 Å². The summed E-state index contributed by atoms with van der Waals surface area (Å²) in [5.41, 5.74) is 6.79. The first kappa shape index (κ1) is 11.3. The molecule has 4 heteroatoms. The number of nitrogens with two attached hydrogens (primary N) is 1. The van der Waals surface area contributed by atoms with Crippen molar-refractivity contribution >= 4 is 11.6 Å². The van der Waals surface area contributed by atoms with Gasteiger partial charge in [0.25, 0.3) is 0 Å². The van der Waals surface area contributed by atoms with Crippen molar-refractivity contribution in [2.45, 2.75) is 26.0 Å². The van der Waals surface area contributed by atoms with Gasteiger partial charge in [0.1, 0.15) is 5.75 Å². The minimum Gasteiger partial charge on any atom is -0.507 e. The van der Waals surface area contributed by atoms with Gasteiger partial charge in [-0.25, -0.2) is 0 Å². The summed E-state index contributed by atoms with van der Waals surface area (Å²) in [6, 6.07) is 2.91. The van der Waals surface area contributed by atoms with Crippen LogP contribution in [0, 0.1) is 0 Å². The summed E-state index contributed by atoms with van der Waals surface area (Å²) in [5, 5.41) is 19.2. The van der Waals surface area contributed by atoms with Crippen LogP contribution < -0.4 is 5.73 Å². The zero-order valence-corrected chi connectivity index (χ0v) is 8.75. The lowest BCUT2D eigenvalue weighted by Crippen LogP contribution is -2.09. The van der Waals surface area contributed by atoms with E-state index < -0.39 is 0 Å². The molecule has 0 aliphatic carbocycles. The number of aliphatic hydroxyl groups excluding tert-OH is 1. The average Bonchev–Trinajstić information content (AvgIpc) is 2.19. The SMILES string of the molecule is CC[C@@H](N)c1cc(Cl)cc(CO)c1O. The van der Waals surface area contributed by atoms with E-state index in [0.717, 1.165) is 0 Å². The largest absolute Gasteiger partial charge is 0.507 e. The Morgan fingerprint density at radius 1 is 1.50 bits per heavy atom. The number of hydrogen-bond acceptors (Lipinski definition) is 3. The molecule has 1 atom stereocenters. The number of hydrogen-bond donors (Lipinski definition) is 3. The van der Waals surface area contributed by atoms with Crippen LogP contribution in [0.5, 0.6) is 5.75 Å². The van der Waals surface area contributed by atoms with E-state index in [1.54, 1.807) is 6.07 Å². The zero-order chi connectivity index (χ0) is 10.7. The van der Waals surface area contributed by atoms with Gasteiger partial charge in [-0.15, -0.1) is 0 Å². The minimum atomic E-state index is -0.251. The maximum absolute atomic E-state index is 9.72. The smallest absolute Gasteiger partial charge is 0.125 e. The number of aliphatic hydroxyl groups is 1. The lowest BCUT2D eigenvalue weighted by Gasteiger charge is -2.14. The maximum Gasteiger partial charge on any atom is 0.125 e. The second-order valence-corrected chi connectivity index (χ2v) is 3.61. The molecular weight excluding hydrogens is 202 g/mol. The van der Waals surface area contributed by atoms with Crippen LogP contribution in [0.4, 0.5) is 0 Å². The van der Waals surface area contributed by atoms with Gasteiger partial charge < -0.3 is 15.9 Å². The van der Waals surface area contributed by atoms with Crippen LogP contribution in [-0.4, -0.2) is 10.2 Å². The Bertz CT molecular complexity index is 328. The fourth-order valence-electron chi connectivity index (χ4n) is 1.30. The second kappa shape index (κ2) is 4.64. The summed E-state index contributed by atoms with van der Waals surface area (Å²) < 4.78 is 0. The van der Waals surface area contributed by atoms with Crippen LogP contribution in [0.1, 0.15) is 30.5 Å². The molecule has 0 amide bonds. The lowest BCUT2D eigenvalue weighted by molar-refractivity contribution is 0.275. The summed E-state index contributed by atoms with van der Waals surface area (Å²) >= 11 is 5.82. The van der Waals surface area contributed by atoms with Crippen LogP contribution in [-0.2, 0) is 6.61 Å². The predicted octanol–water partition coefficient (Wildman–Crippen LogP) is 1.95. The molecule has 14 heavy (non-hydrogen) atoms. The van der Waals surface area contributed by atoms with Gasteiger partial charge in [0.05, 0.1) is 6.61 Å². The summed E-state index contributed by atoms with van der Waals surface area (Å²) in [4.78, 5) is 0. The summed E-state index contributed by atoms with van der Waals surface area (Å²) in [6.07, 6.45) is 0.707. The molecule has 78 valence electrons. The van der Waals surface area contributed by atoms with E-state index in [4.69, 9.17) is 22.4 Å². The van der Waals surface area contributed by atoms with Gasteiger partial charge in [0.2, 0.25) is 0 Å². The molecule has 1 aromatic rings. The molecule has 0 saturated carbocycles. The standard InChI is InChI=1S/C10H14ClNO2/c1-2-9(12)8-4-7(11)3-6(5-13)10(8)14/h3-4,9,13-14H,2,5,12H2,1H3/t9-/m1/s1. The number of halogens is 1. The van der Waals surface area contributed by atoms with Crippen molar-refractivity contribution in [2.24, 2.45) is 5.73 Å². The second-order valence-electron chi connectivity index (χ2n) is 3.18. The van der Waals surface area contributed by atoms with Crippen molar-refractivity contribution in [3.63, 3.8) is 0 Å². The van der Waals surface area contributed by atoms with E-state index in [0.29, 0.717) is 22.6 Å². The Morgan fingerprint density at radius 2 is 2.14 bits per heavy atom.